The molecule has 0 aliphatic heterocycles. The van der Waals surface area contributed by atoms with Gasteiger partial charge in [-0.1, -0.05) is 19.3 Å². The summed E-state index contributed by atoms with van der Waals surface area (Å²) < 4.78 is 0. The van der Waals surface area contributed by atoms with Crippen LogP contribution in [-0.2, 0) is 0 Å². The summed E-state index contributed by atoms with van der Waals surface area (Å²) in [6.45, 7) is 0.312. The Labute approximate surface area is 63.4 Å². The molecule has 10 heavy (non-hydrogen) atoms. The van der Waals surface area contributed by atoms with E-state index in [-0.39, 0.29) is 20.1 Å². The molecule has 0 atom stereocenters. The first kappa shape index (κ1) is 8.02. The van der Waals surface area contributed by atoms with Gasteiger partial charge in [0.15, 0.2) is 0 Å². The highest BCUT2D eigenvalue weighted by Gasteiger charge is 2.30. The molecule has 1 saturated carbocycles. The Morgan fingerprint density at radius 1 is 1.00 bits per heavy atom. The van der Waals surface area contributed by atoms with Crippen molar-refractivity contribution in [2.75, 3.05) is 13.2 Å². The highest BCUT2D eigenvalue weighted by Crippen LogP contribution is 2.34. The third-order valence-electron chi connectivity index (χ3n) is 2.59. The predicted octanol–water partition coefficient (Wildman–Crippen LogP) is 1.17. The van der Waals surface area contributed by atoms with Crippen molar-refractivity contribution in [3.8, 4) is 0 Å². The number of hydrogen-bond acceptors (Lipinski definition) is 2. The van der Waals surface area contributed by atoms with Crippen LogP contribution in [0.4, 0.5) is 0 Å². The van der Waals surface area contributed by atoms with Gasteiger partial charge >= 0.3 is 0 Å². The maximum absolute atomic E-state index is 8.98. The number of hydrogen-bond donors (Lipinski definition) is 2. The van der Waals surface area contributed by atoms with Crippen LogP contribution in [0.3, 0.4) is 0 Å². The average Bonchev–Trinajstić information content (AvgIpc) is 2.06. The second kappa shape index (κ2) is 3.35. The summed E-state index contributed by atoms with van der Waals surface area (Å²) in [6, 6.07) is 0. The van der Waals surface area contributed by atoms with Crippen molar-refractivity contribution in [3.63, 3.8) is 0 Å². The fourth-order valence-corrected chi connectivity index (χ4v) is 1.67. The molecule has 0 unspecified atom stereocenters. The van der Waals surface area contributed by atoms with Gasteiger partial charge in [0.1, 0.15) is 0 Å². The molecule has 0 bridgehead atoms. The van der Waals surface area contributed by atoms with E-state index in [1.54, 1.807) is 0 Å². The van der Waals surface area contributed by atoms with Gasteiger partial charge in [-0.05, 0) is 12.8 Å². The van der Waals surface area contributed by atoms with Crippen molar-refractivity contribution < 1.29 is 11.6 Å². The topological polar surface area (TPSA) is 40.5 Å². The van der Waals surface area contributed by atoms with Gasteiger partial charge < -0.3 is 10.2 Å². The molecule has 1 aliphatic rings. The van der Waals surface area contributed by atoms with E-state index >= 15 is 0 Å². The van der Waals surface area contributed by atoms with Crippen LogP contribution in [0.1, 0.15) is 33.5 Å². The molecule has 1 rings (SSSR count). The SMILES string of the molecule is OCC1(CO)CCCCC1.[HH]. The molecule has 1 aliphatic carbocycles. The zero-order valence-corrected chi connectivity index (χ0v) is 6.34. The molecule has 1 fully saturated rings. The first-order chi connectivity index (χ1) is 4.83. The Bertz CT molecular complexity index is 94.3. The number of aliphatic hydroxyl groups is 2. The fraction of sp³-hybridized carbons (Fsp3) is 1.00. The summed E-state index contributed by atoms with van der Waals surface area (Å²) in [5.74, 6) is 0. The van der Waals surface area contributed by atoms with Crippen LogP contribution in [0.25, 0.3) is 0 Å². The van der Waals surface area contributed by atoms with E-state index in [4.69, 9.17) is 10.2 Å². The van der Waals surface area contributed by atoms with E-state index in [1.807, 2.05) is 0 Å². The first-order valence-corrected chi connectivity index (χ1v) is 4.05. The molecular formula is C8H18O2. The van der Waals surface area contributed by atoms with Crippen molar-refractivity contribution in [3.05, 3.63) is 0 Å². The van der Waals surface area contributed by atoms with E-state index < -0.39 is 0 Å². The van der Waals surface area contributed by atoms with Crippen molar-refractivity contribution in [1.29, 1.82) is 0 Å². The molecule has 0 aromatic rings. The first-order valence-electron chi connectivity index (χ1n) is 4.05. The summed E-state index contributed by atoms with van der Waals surface area (Å²) in [4.78, 5) is 0. The Morgan fingerprint density at radius 2 is 1.50 bits per heavy atom. The number of aliphatic hydroxyl groups excluding tert-OH is 2. The standard InChI is InChI=1S/C8H16O2.H2/c9-6-8(7-10)4-2-1-3-5-8;/h9-10H,1-7H2;1H. The Hall–Kier alpha value is -0.0800. The van der Waals surface area contributed by atoms with E-state index in [1.165, 1.54) is 19.3 Å². The summed E-state index contributed by atoms with van der Waals surface area (Å²) in [6.07, 6.45) is 5.60. The summed E-state index contributed by atoms with van der Waals surface area (Å²) in [5, 5.41) is 18.0. The largest absolute Gasteiger partial charge is 0.396 e. The molecule has 2 N–H and O–H groups in total. The number of rotatable bonds is 2. The van der Waals surface area contributed by atoms with E-state index in [2.05, 4.69) is 0 Å². The lowest BCUT2D eigenvalue weighted by Gasteiger charge is -2.33. The third-order valence-corrected chi connectivity index (χ3v) is 2.59. The van der Waals surface area contributed by atoms with Gasteiger partial charge in [-0.3, -0.25) is 0 Å². The maximum atomic E-state index is 8.98. The highest BCUT2D eigenvalue weighted by molar-refractivity contribution is 4.80. The molecule has 0 amide bonds. The van der Waals surface area contributed by atoms with Crippen LogP contribution < -0.4 is 0 Å². The van der Waals surface area contributed by atoms with Gasteiger partial charge in [0.2, 0.25) is 0 Å². The molecule has 62 valence electrons. The van der Waals surface area contributed by atoms with Gasteiger partial charge in [0.05, 0.1) is 13.2 Å². The van der Waals surface area contributed by atoms with Gasteiger partial charge in [0.25, 0.3) is 0 Å². The highest BCUT2D eigenvalue weighted by atomic mass is 16.3. The minimum absolute atomic E-state index is 0. The molecule has 0 aromatic heterocycles. The Kier molecular flexibility index (Phi) is 2.69. The predicted molar refractivity (Wildman–Crippen MR) is 41.8 cm³/mol. The lowest BCUT2D eigenvalue weighted by atomic mass is 9.75. The zero-order valence-electron chi connectivity index (χ0n) is 6.34. The Morgan fingerprint density at radius 3 is 1.80 bits per heavy atom. The summed E-state index contributed by atoms with van der Waals surface area (Å²) >= 11 is 0. The van der Waals surface area contributed by atoms with Gasteiger partial charge in [-0.25, -0.2) is 0 Å². The van der Waals surface area contributed by atoms with Gasteiger partial charge in [0, 0.05) is 6.84 Å². The van der Waals surface area contributed by atoms with E-state index in [9.17, 15) is 0 Å². The zero-order chi connectivity index (χ0) is 7.45. The Balaban J connectivity index is 0.000001000. The van der Waals surface area contributed by atoms with Crippen LogP contribution in [0.5, 0.6) is 0 Å². The molecule has 0 heterocycles. The molecule has 0 radical (unpaired) electrons. The average molecular weight is 146 g/mol. The molecular weight excluding hydrogens is 128 g/mol. The molecule has 0 spiro atoms. The van der Waals surface area contributed by atoms with Crippen LogP contribution in [0, 0.1) is 5.41 Å². The normalized spacial score (nSPS) is 24.6. The van der Waals surface area contributed by atoms with Crippen molar-refractivity contribution >= 4 is 0 Å². The second-order valence-electron chi connectivity index (χ2n) is 3.38. The molecule has 2 nitrogen and oxygen atoms in total. The van der Waals surface area contributed by atoms with Crippen LogP contribution >= 0.6 is 0 Å². The van der Waals surface area contributed by atoms with Crippen molar-refractivity contribution in [1.82, 2.24) is 0 Å². The molecule has 0 saturated heterocycles. The second-order valence-corrected chi connectivity index (χ2v) is 3.38. The minimum Gasteiger partial charge on any atom is -0.396 e. The quantitative estimate of drug-likeness (QED) is 0.614. The van der Waals surface area contributed by atoms with E-state index in [0.29, 0.717) is 0 Å². The van der Waals surface area contributed by atoms with Gasteiger partial charge in [-0.15, -0.1) is 0 Å². The minimum atomic E-state index is -0.127. The molecule has 2 heteroatoms. The lowest BCUT2D eigenvalue weighted by molar-refractivity contribution is 0.0234. The van der Waals surface area contributed by atoms with Gasteiger partial charge in [-0.2, -0.15) is 0 Å². The molecule has 0 aromatic carbocycles. The summed E-state index contributed by atoms with van der Waals surface area (Å²) in [7, 11) is 0. The lowest BCUT2D eigenvalue weighted by Crippen LogP contribution is -2.31. The smallest absolute Gasteiger partial charge is 0.0509 e. The monoisotopic (exact) mass is 146 g/mol. The van der Waals surface area contributed by atoms with Crippen molar-refractivity contribution in [2.45, 2.75) is 32.1 Å². The fourth-order valence-electron chi connectivity index (χ4n) is 1.67. The summed E-state index contributed by atoms with van der Waals surface area (Å²) in [5.41, 5.74) is -0.127. The van der Waals surface area contributed by atoms with Crippen LogP contribution in [0.2, 0.25) is 0 Å². The van der Waals surface area contributed by atoms with E-state index in [0.717, 1.165) is 12.8 Å². The van der Waals surface area contributed by atoms with Crippen LogP contribution in [0.15, 0.2) is 0 Å². The maximum Gasteiger partial charge on any atom is 0.0509 e. The van der Waals surface area contributed by atoms with Crippen LogP contribution in [-0.4, -0.2) is 23.4 Å². The van der Waals surface area contributed by atoms with Crippen molar-refractivity contribution in [2.24, 2.45) is 5.41 Å². The third kappa shape index (κ3) is 1.50.